The molecule has 21 heavy (non-hydrogen) atoms. The summed E-state index contributed by atoms with van der Waals surface area (Å²) >= 11 is 6.09. The standard InChI is InChI=1S/C15H20ClFN2O2/c1-9(17)12(16)11-13(18-4)19(14(20)15(11,2)3)10-7-5-6-8-21-10/h10H,4-8H2,1-3H3/b12-9-. The molecule has 4 nitrogen and oxygen atoms in total. The van der Waals surface area contributed by atoms with Crippen LogP contribution in [0.1, 0.15) is 40.0 Å². The molecule has 0 saturated carbocycles. The van der Waals surface area contributed by atoms with Crippen LogP contribution in [0.3, 0.4) is 0 Å². The van der Waals surface area contributed by atoms with Crippen LogP contribution in [-0.2, 0) is 9.53 Å². The number of hydrogen-bond donors (Lipinski definition) is 0. The lowest BCUT2D eigenvalue weighted by Crippen LogP contribution is -2.43. The zero-order chi connectivity index (χ0) is 15.8. The van der Waals surface area contributed by atoms with Crippen molar-refractivity contribution in [3.63, 3.8) is 0 Å². The van der Waals surface area contributed by atoms with Gasteiger partial charge in [-0.15, -0.1) is 0 Å². The molecule has 1 unspecified atom stereocenters. The normalized spacial score (nSPS) is 27.0. The van der Waals surface area contributed by atoms with Crippen LogP contribution < -0.4 is 0 Å². The molecule has 1 fully saturated rings. The predicted octanol–water partition coefficient (Wildman–Crippen LogP) is 3.73. The van der Waals surface area contributed by atoms with E-state index in [1.165, 1.54) is 11.8 Å². The van der Waals surface area contributed by atoms with Gasteiger partial charge in [0.25, 0.3) is 0 Å². The highest BCUT2D eigenvalue weighted by Gasteiger charge is 2.50. The minimum absolute atomic E-state index is 0.0749. The van der Waals surface area contributed by atoms with Crippen molar-refractivity contribution in [2.75, 3.05) is 6.61 Å². The molecule has 116 valence electrons. The zero-order valence-electron chi connectivity index (χ0n) is 12.6. The Labute approximate surface area is 129 Å². The maximum atomic E-state index is 13.6. The number of aliphatic imine (C=N–C) groups is 1. The summed E-state index contributed by atoms with van der Waals surface area (Å²) in [5.74, 6) is -0.426. The van der Waals surface area contributed by atoms with Crippen molar-refractivity contribution < 1.29 is 13.9 Å². The molecule has 0 radical (unpaired) electrons. The van der Waals surface area contributed by atoms with Gasteiger partial charge in [0.2, 0.25) is 5.91 Å². The number of hydrogen-bond acceptors (Lipinski definition) is 3. The van der Waals surface area contributed by atoms with E-state index in [1.807, 2.05) is 0 Å². The minimum atomic E-state index is -0.957. The lowest BCUT2D eigenvalue weighted by molar-refractivity contribution is -0.149. The Hall–Kier alpha value is -1.20. The molecule has 2 rings (SSSR count). The highest BCUT2D eigenvalue weighted by molar-refractivity contribution is 6.33. The second-order valence-corrected chi connectivity index (χ2v) is 6.20. The third kappa shape index (κ3) is 2.64. The smallest absolute Gasteiger partial charge is 0.240 e. The minimum Gasteiger partial charge on any atom is -0.358 e. The fourth-order valence-electron chi connectivity index (χ4n) is 2.80. The van der Waals surface area contributed by atoms with Crippen molar-refractivity contribution in [1.82, 2.24) is 4.90 Å². The van der Waals surface area contributed by atoms with Gasteiger partial charge in [0, 0.05) is 12.2 Å². The number of carbonyl (C=O) groups is 1. The van der Waals surface area contributed by atoms with Crippen LogP contribution in [0.15, 0.2) is 27.2 Å². The van der Waals surface area contributed by atoms with Crippen LogP contribution in [0.4, 0.5) is 4.39 Å². The molecule has 2 aliphatic rings. The molecule has 0 spiro atoms. The highest BCUT2D eigenvalue weighted by Crippen LogP contribution is 2.47. The number of amides is 1. The van der Waals surface area contributed by atoms with Gasteiger partial charge in [-0.25, -0.2) is 9.38 Å². The van der Waals surface area contributed by atoms with Gasteiger partial charge in [0.1, 0.15) is 17.9 Å². The summed E-state index contributed by atoms with van der Waals surface area (Å²) in [5.41, 5.74) is -0.583. The van der Waals surface area contributed by atoms with E-state index in [1.54, 1.807) is 13.8 Å². The largest absolute Gasteiger partial charge is 0.358 e. The summed E-state index contributed by atoms with van der Waals surface area (Å²) in [6.07, 6.45) is 2.29. The van der Waals surface area contributed by atoms with Gasteiger partial charge in [0.15, 0.2) is 0 Å². The quantitative estimate of drug-likeness (QED) is 0.745. The average molecular weight is 315 g/mol. The summed E-state index contributed by atoms with van der Waals surface area (Å²) in [6, 6.07) is 0. The third-order valence-corrected chi connectivity index (χ3v) is 4.39. The Bertz CT molecular complexity index is 530. The lowest BCUT2D eigenvalue weighted by atomic mass is 9.85. The SMILES string of the molecule is C=NC1=C(/C(Cl)=C(\C)F)C(C)(C)C(=O)N1C1CCCCO1. The van der Waals surface area contributed by atoms with E-state index < -0.39 is 11.2 Å². The van der Waals surface area contributed by atoms with E-state index in [-0.39, 0.29) is 17.2 Å². The van der Waals surface area contributed by atoms with Crippen molar-refractivity contribution in [3.8, 4) is 0 Å². The number of ether oxygens (including phenoxy) is 1. The maximum Gasteiger partial charge on any atom is 0.240 e. The van der Waals surface area contributed by atoms with Crippen LogP contribution in [0, 0.1) is 5.41 Å². The van der Waals surface area contributed by atoms with Gasteiger partial charge in [-0.2, -0.15) is 0 Å². The first-order valence-corrected chi connectivity index (χ1v) is 7.39. The fourth-order valence-corrected chi connectivity index (χ4v) is 3.12. The molecule has 2 heterocycles. The van der Waals surface area contributed by atoms with Crippen LogP contribution in [0.25, 0.3) is 0 Å². The molecule has 1 amide bonds. The first-order valence-electron chi connectivity index (χ1n) is 7.01. The number of nitrogens with zero attached hydrogens (tertiary/aromatic N) is 2. The molecule has 0 aromatic carbocycles. The molecule has 0 N–H and O–H groups in total. The number of allylic oxidation sites excluding steroid dienone is 2. The van der Waals surface area contributed by atoms with Gasteiger partial charge in [0.05, 0.1) is 10.4 Å². The zero-order valence-corrected chi connectivity index (χ0v) is 13.3. The maximum absolute atomic E-state index is 13.6. The van der Waals surface area contributed by atoms with E-state index in [0.29, 0.717) is 18.0 Å². The van der Waals surface area contributed by atoms with Crippen LogP contribution in [0.2, 0.25) is 0 Å². The van der Waals surface area contributed by atoms with E-state index >= 15 is 0 Å². The highest BCUT2D eigenvalue weighted by atomic mass is 35.5. The second kappa shape index (κ2) is 5.89. The summed E-state index contributed by atoms with van der Waals surface area (Å²) in [7, 11) is 0. The number of carbonyl (C=O) groups excluding carboxylic acids is 1. The average Bonchev–Trinajstić information content (AvgIpc) is 2.66. The van der Waals surface area contributed by atoms with Crippen molar-refractivity contribution in [1.29, 1.82) is 0 Å². The van der Waals surface area contributed by atoms with Crippen LogP contribution in [-0.4, -0.2) is 30.4 Å². The van der Waals surface area contributed by atoms with Gasteiger partial charge in [-0.05, 0) is 46.8 Å². The lowest BCUT2D eigenvalue weighted by Gasteiger charge is -2.32. The van der Waals surface area contributed by atoms with Gasteiger partial charge in [-0.1, -0.05) is 11.6 Å². The molecule has 1 saturated heterocycles. The van der Waals surface area contributed by atoms with Crippen molar-refractivity contribution in [2.45, 2.75) is 46.3 Å². The molecule has 0 aromatic heterocycles. The summed E-state index contributed by atoms with van der Waals surface area (Å²) in [5, 5.41) is -0.0749. The van der Waals surface area contributed by atoms with Gasteiger partial charge < -0.3 is 4.74 Å². The van der Waals surface area contributed by atoms with E-state index in [0.717, 1.165) is 19.3 Å². The Morgan fingerprint density at radius 2 is 2.19 bits per heavy atom. The molecule has 0 aliphatic carbocycles. The molecule has 0 aromatic rings. The Kier molecular flexibility index (Phi) is 4.54. The topological polar surface area (TPSA) is 41.9 Å². The summed E-state index contributed by atoms with van der Waals surface area (Å²) in [6.45, 7) is 8.80. The first-order chi connectivity index (χ1) is 9.82. The van der Waals surface area contributed by atoms with E-state index in [4.69, 9.17) is 16.3 Å². The van der Waals surface area contributed by atoms with Gasteiger partial charge in [-0.3, -0.25) is 9.69 Å². The molecule has 0 bridgehead atoms. The second-order valence-electron chi connectivity index (χ2n) is 5.83. The summed E-state index contributed by atoms with van der Waals surface area (Å²) in [4.78, 5) is 18.2. The van der Waals surface area contributed by atoms with Crippen LogP contribution >= 0.6 is 11.6 Å². The molecule has 1 atom stereocenters. The Balaban J connectivity index is 2.54. The molecular weight excluding hydrogens is 295 g/mol. The summed E-state index contributed by atoms with van der Waals surface area (Å²) < 4.78 is 19.3. The van der Waals surface area contributed by atoms with Crippen molar-refractivity contribution in [3.05, 3.63) is 22.3 Å². The number of rotatable bonds is 3. The van der Waals surface area contributed by atoms with E-state index in [2.05, 4.69) is 11.7 Å². The molecular formula is C15H20ClFN2O2. The number of halogens is 2. The predicted molar refractivity (Wildman–Crippen MR) is 80.5 cm³/mol. The van der Waals surface area contributed by atoms with Crippen molar-refractivity contribution in [2.24, 2.45) is 10.4 Å². The van der Waals surface area contributed by atoms with Gasteiger partial charge >= 0.3 is 0 Å². The fraction of sp³-hybridized carbons (Fsp3) is 0.600. The monoisotopic (exact) mass is 314 g/mol. The first kappa shape index (κ1) is 16.2. The van der Waals surface area contributed by atoms with Crippen molar-refractivity contribution >= 4 is 24.2 Å². The molecule has 6 heteroatoms. The Morgan fingerprint density at radius 1 is 1.52 bits per heavy atom. The third-order valence-electron chi connectivity index (χ3n) is 3.95. The molecule has 2 aliphatic heterocycles. The van der Waals surface area contributed by atoms with Crippen LogP contribution in [0.5, 0.6) is 0 Å². The van der Waals surface area contributed by atoms with E-state index in [9.17, 15) is 9.18 Å². The Morgan fingerprint density at radius 3 is 2.67 bits per heavy atom.